The first kappa shape index (κ1) is 11.0. The molecule has 3 saturated heterocycles. The van der Waals surface area contributed by atoms with Crippen molar-refractivity contribution in [2.24, 2.45) is 0 Å². The molecule has 0 radical (unpaired) electrons. The number of hydrogen-bond donors (Lipinski definition) is 0. The quantitative estimate of drug-likeness (QED) is 0.730. The predicted octanol–water partition coefficient (Wildman–Crippen LogP) is 2.66. The summed E-state index contributed by atoms with van der Waals surface area (Å²) in [5, 5.41) is 1.05. The van der Waals surface area contributed by atoms with Gasteiger partial charge in [-0.2, -0.15) is 13.2 Å². The van der Waals surface area contributed by atoms with E-state index in [0.29, 0.717) is 10.5 Å². The Morgan fingerprint density at radius 1 is 1.12 bits per heavy atom. The third-order valence-electron chi connectivity index (χ3n) is 2.08. The molecule has 0 spiro atoms. The standard InChI is InChI=1S/C7H4F3N2O4P/c8-7(9,10)5-3-1-2-4-6(5)11-12-15-17(13,14-11)16-12/h1-4H. The van der Waals surface area contributed by atoms with Gasteiger partial charge >= 0.3 is 14.0 Å². The molecule has 0 aliphatic carbocycles. The zero-order chi connectivity index (χ0) is 12.3. The number of phosphoric acid groups is 1. The second-order valence-corrected chi connectivity index (χ2v) is 4.60. The zero-order valence-corrected chi connectivity index (χ0v) is 8.81. The van der Waals surface area contributed by atoms with Crippen molar-refractivity contribution in [2.45, 2.75) is 6.18 Å². The highest BCUT2D eigenvalue weighted by Gasteiger charge is 2.61. The molecule has 2 bridgehead atoms. The monoisotopic (exact) mass is 268 g/mol. The molecule has 0 saturated carbocycles. The van der Waals surface area contributed by atoms with Crippen LogP contribution >= 0.6 is 7.82 Å². The van der Waals surface area contributed by atoms with Crippen LogP contribution in [0.3, 0.4) is 0 Å². The minimum Gasteiger partial charge on any atom is -0.222 e. The molecule has 0 N–H and O–H groups in total. The lowest BCUT2D eigenvalue weighted by Crippen LogP contribution is -2.35. The van der Waals surface area contributed by atoms with Gasteiger partial charge in [-0.25, -0.2) is 4.57 Å². The van der Waals surface area contributed by atoms with Crippen LogP contribution in [0.2, 0.25) is 0 Å². The van der Waals surface area contributed by atoms with Crippen LogP contribution in [0.15, 0.2) is 24.3 Å². The number of halogens is 3. The summed E-state index contributed by atoms with van der Waals surface area (Å²) >= 11 is 0. The molecule has 10 heteroatoms. The molecule has 3 aliphatic heterocycles. The van der Waals surface area contributed by atoms with E-state index in [1.54, 1.807) is 0 Å². The lowest BCUT2D eigenvalue weighted by Gasteiger charge is -2.23. The number of fused-ring (bicyclic) bond motifs is 1. The Morgan fingerprint density at radius 3 is 2.29 bits per heavy atom. The van der Waals surface area contributed by atoms with Gasteiger partial charge in [-0.05, 0) is 12.1 Å². The molecule has 0 amide bonds. The second-order valence-electron chi connectivity index (χ2n) is 3.22. The Balaban J connectivity index is 2.02. The van der Waals surface area contributed by atoms with Crippen molar-refractivity contribution in [1.29, 1.82) is 0 Å². The van der Waals surface area contributed by atoms with Crippen LogP contribution in [-0.2, 0) is 24.6 Å². The summed E-state index contributed by atoms with van der Waals surface area (Å²) in [5.74, 6) is 0. The van der Waals surface area contributed by atoms with Gasteiger partial charge in [0.1, 0.15) is 5.69 Å². The average molecular weight is 268 g/mol. The number of para-hydroxylation sites is 1. The summed E-state index contributed by atoms with van der Waals surface area (Å²) in [6.45, 7) is 0. The largest absolute Gasteiger partial charge is 0.538 e. The van der Waals surface area contributed by atoms with Crippen LogP contribution in [0, 0.1) is 0 Å². The molecule has 6 nitrogen and oxygen atoms in total. The molecule has 0 aromatic heterocycles. The number of nitrogens with zero attached hydrogens (tertiary/aromatic N) is 2. The predicted molar refractivity (Wildman–Crippen MR) is 46.6 cm³/mol. The number of benzene rings is 1. The first-order chi connectivity index (χ1) is 7.89. The summed E-state index contributed by atoms with van der Waals surface area (Å²) < 4.78 is 62.8. The van der Waals surface area contributed by atoms with Crippen molar-refractivity contribution in [2.75, 3.05) is 5.17 Å². The highest BCUT2D eigenvalue weighted by Crippen LogP contribution is 2.67. The van der Waals surface area contributed by atoms with E-state index in [4.69, 9.17) is 0 Å². The van der Waals surface area contributed by atoms with Gasteiger partial charge in [0.05, 0.1) is 10.9 Å². The number of hydrazine groups is 1. The van der Waals surface area contributed by atoms with E-state index in [9.17, 15) is 17.7 Å². The topological polar surface area (TPSA) is 51.2 Å². The van der Waals surface area contributed by atoms with Crippen molar-refractivity contribution < 1.29 is 31.6 Å². The van der Waals surface area contributed by atoms with Gasteiger partial charge in [0, 0.05) is 0 Å². The summed E-state index contributed by atoms with van der Waals surface area (Å²) in [4.78, 5) is 0. The maximum Gasteiger partial charge on any atom is 0.538 e. The van der Waals surface area contributed by atoms with Gasteiger partial charge < -0.3 is 0 Å². The summed E-state index contributed by atoms with van der Waals surface area (Å²) in [7, 11) is -3.71. The smallest absolute Gasteiger partial charge is 0.222 e. The molecule has 1 aromatic carbocycles. The van der Waals surface area contributed by atoms with E-state index in [-0.39, 0.29) is 5.69 Å². The van der Waals surface area contributed by atoms with Crippen molar-refractivity contribution in [3.63, 3.8) is 0 Å². The number of anilines is 1. The summed E-state index contributed by atoms with van der Waals surface area (Å²) in [6, 6.07) is 4.61. The molecule has 3 heterocycles. The molecule has 3 aliphatic rings. The molecule has 4 rings (SSSR count). The lowest BCUT2D eigenvalue weighted by atomic mass is 10.2. The maximum absolute atomic E-state index is 12.7. The molecular weight excluding hydrogens is 264 g/mol. The third kappa shape index (κ3) is 1.63. The van der Waals surface area contributed by atoms with Gasteiger partial charge in [0.2, 0.25) is 0 Å². The number of alkyl halides is 3. The van der Waals surface area contributed by atoms with Crippen molar-refractivity contribution in [3.8, 4) is 0 Å². The molecule has 0 atom stereocenters. The Bertz CT molecular complexity index is 512. The van der Waals surface area contributed by atoms with Crippen molar-refractivity contribution in [3.05, 3.63) is 29.8 Å². The Kier molecular flexibility index (Phi) is 2.08. The Labute approximate surface area is 92.5 Å². The normalized spacial score (nSPS) is 31.5. The minimum atomic E-state index is -4.57. The van der Waals surface area contributed by atoms with Gasteiger partial charge in [0.15, 0.2) is 0 Å². The van der Waals surface area contributed by atoms with Gasteiger partial charge in [0.25, 0.3) is 0 Å². The van der Waals surface area contributed by atoms with Crippen LogP contribution in [0.4, 0.5) is 18.9 Å². The second kappa shape index (κ2) is 3.21. The van der Waals surface area contributed by atoms with E-state index in [1.165, 1.54) is 12.1 Å². The van der Waals surface area contributed by atoms with Crippen molar-refractivity contribution in [1.82, 2.24) is 5.34 Å². The summed E-state index contributed by atoms with van der Waals surface area (Å²) in [5.41, 5.74) is -1.32. The first-order valence-corrected chi connectivity index (χ1v) is 5.81. The molecule has 1 aromatic rings. The number of hydrogen-bond acceptors (Lipinski definition) is 6. The van der Waals surface area contributed by atoms with Crippen LogP contribution in [0.1, 0.15) is 5.56 Å². The minimum absolute atomic E-state index is 0.366. The molecule has 3 fully saturated rings. The van der Waals surface area contributed by atoms with E-state index in [0.717, 1.165) is 12.1 Å². The van der Waals surface area contributed by atoms with Gasteiger partial charge in [-0.1, -0.05) is 12.1 Å². The molecule has 0 unspecified atom stereocenters. The average Bonchev–Trinajstić information content (AvgIpc) is 2.70. The highest BCUT2D eigenvalue weighted by molar-refractivity contribution is 7.49. The molecular formula is C7H4F3N2O4P. The molecule has 17 heavy (non-hydrogen) atoms. The van der Waals surface area contributed by atoms with E-state index in [2.05, 4.69) is 13.9 Å². The van der Waals surface area contributed by atoms with Crippen LogP contribution in [0.5, 0.6) is 0 Å². The van der Waals surface area contributed by atoms with Crippen molar-refractivity contribution >= 4 is 13.5 Å². The maximum atomic E-state index is 12.7. The Hall–Kier alpha value is -1.12. The lowest BCUT2D eigenvalue weighted by molar-refractivity contribution is -0.319. The van der Waals surface area contributed by atoms with Crippen LogP contribution in [0.25, 0.3) is 0 Å². The first-order valence-electron chi connectivity index (χ1n) is 4.35. The highest BCUT2D eigenvalue weighted by atomic mass is 31.2. The summed E-state index contributed by atoms with van der Waals surface area (Å²) in [6.07, 6.45) is -4.57. The zero-order valence-electron chi connectivity index (χ0n) is 7.92. The fraction of sp³-hybridized carbons (Fsp3) is 0.143. The van der Waals surface area contributed by atoms with Crippen LogP contribution in [-0.4, -0.2) is 5.34 Å². The number of rotatable bonds is 1. The SMILES string of the molecule is O=P12ON(O1)N(c1ccccc1C(F)(F)F)O2. The van der Waals surface area contributed by atoms with Gasteiger partial charge in [-0.15, -0.1) is 19.0 Å². The Morgan fingerprint density at radius 2 is 1.76 bits per heavy atom. The van der Waals surface area contributed by atoms with E-state index >= 15 is 0 Å². The van der Waals surface area contributed by atoms with E-state index in [1.807, 2.05) is 0 Å². The fourth-order valence-electron chi connectivity index (χ4n) is 1.41. The van der Waals surface area contributed by atoms with E-state index < -0.39 is 19.6 Å². The fourth-order valence-corrected chi connectivity index (χ4v) is 2.29. The van der Waals surface area contributed by atoms with Crippen LogP contribution < -0.4 is 5.17 Å². The molecule has 92 valence electrons. The third-order valence-corrected chi connectivity index (χ3v) is 3.11. The van der Waals surface area contributed by atoms with Gasteiger partial charge in [-0.3, -0.25) is 0 Å².